The summed E-state index contributed by atoms with van der Waals surface area (Å²) in [7, 11) is 1.47. The van der Waals surface area contributed by atoms with Crippen LogP contribution in [0, 0.1) is 6.92 Å². The van der Waals surface area contributed by atoms with Crippen molar-refractivity contribution >= 4 is 17.5 Å². The summed E-state index contributed by atoms with van der Waals surface area (Å²) in [6.07, 6.45) is -2.19. The van der Waals surface area contributed by atoms with Crippen LogP contribution in [0.15, 0.2) is 18.2 Å². The quantitative estimate of drug-likeness (QED) is 0.927. The fraction of sp³-hybridized carbons (Fsp3) is 0.467. The number of nitrogens with zero attached hydrogens (tertiary/aromatic N) is 1. The third-order valence-corrected chi connectivity index (χ3v) is 3.64. The zero-order chi connectivity index (χ0) is 16.3. The molecule has 1 heterocycles. The first kappa shape index (κ1) is 16.2. The van der Waals surface area contributed by atoms with E-state index in [2.05, 4.69) is 5.32 Å². The van der Waals surface area contributed by atoms with Gasteiger partial charge in [-0.05, 0) is 37.5 Å². The number of rotatable bonds is 4. The zero-order valence-electron chi connectivity index (χ0n) is 12.4. The maximum Gasteiger partial charge on any atom is 0.315 e. The van der Waals surface area contributed by atoms with E-state index in [1.165, 1.54) is 7.11 Å². The summed E-state index contributed by atoms with van der Waals surface area (Å²) in [6.45, 7) is 2.03. The van der Waals surface area contributed by atoms with E-state index in [-0.39, 0.29) is 6.54 Å². The molecule has 1 aliphatic heterocycles. The Bertz CT molecular complexity index is 578. The lowest BCUT2D eigenvalue weighted by Crippen LogP contribution is -2.45. The molecule has 0 saturated carbocycles. The summed E-state index contributed by atoms with van der Waals surface area (Å²) in [5.74, 6) is -1.30. The van der Waals surface area contributed by atoms with Crippen molar-refractivity contribution in [3.63, 3.8) is 0 Å². The second-order valence-electron chi connectivity index (χ2n) is 5.18. The molecule has 1 unspecified atom stereocenters. The van der Waals surface area contributed by atoms with E-state index >= 15 is 0 Å². The largest absolute Gasteiger partial charge is 0.495 e. The molecular weight excluding hydrogens is 294 g/mol. The Morgan fingerprint density at radius 2 is 2.14 bits per heavy atom. The highest BCUT2D eigenvalue weighted by Crippen LogP contribution is 2.27. The number of hydrogen-bond donors (Lipinski definition) is 1. The van der Waals surface area contributed by atoms with E-state index in [9.17, 15) is 18.4 Å². The van der Waals surface area contributed by atoms with Gasteiger partial charge < -0.3 is 15.0 Å². The number of aryl methyl sites for hydroxylation is 1. The van der Waals surface area contributed by atoms with Crippen molar-refractivity contribution in [3.05, 3.63) is 23.8 Å². The summed E-state index contributed by atoms with van der Waals surface area (Å²) in [5.41, 5.74) is 1.38. The smallest absolute Gasteiger partial charge is 0.315 e. The van der Waals surface area contributed by atoms with Gasteiger partial charge in [0.25, 0.3) is 5.91 Å². The summed E-state index contributed by atoms with van der Waals surface area (Å²) in [5, 5.41) is 2.67. The van der Waals surface area contributed by atoms with Crippen LogP contribution in [-0.2, 0) is 9.59 Å². The van der Waals surface area contributed by atoms with E-state index in [0.29, 0.717) is 24.3 Å². The fourth-order valence-electron chi connectivity index (χ4n) is 2.56. The van der Waals surface area contributed by atoms with Gasteiger partial charge in [0, 0.05) is 6.54 Å². The molecular formula is C15H18F2N2O3. The normalized spacial score (nSPS) is 17.7. The van der Waals surface area contributed by atoms with E-state index in [1.54, 1.807) is 12.1 Å². The van der Waals surface area contributed by atoms with Gasteiger partial charge in [-0.3, -0.25) is 9.59 Å². The Hall–Kier alpha value is -2.18. The van der Waals surface area contributed by atoms with E-state index in [4.69, 9.17) is 4.74 Å². The molecule has 7 heteroatoms. The SMILES string of the molecule is COc1ccc(C)cc1NC(=O)C1CCCN1C(=O)C(F)F. The summed E-state index contributed by atoms with van der Waals surface area (Å²) < 4.78 is 30.3. The van der Waals surface area contributed by atoms with E-state index < -0.39 is 24.3 Å². The minimum Gasteiger partial charge on any atom is -0.495 e. The monoisotopic (exact) mass is 312 g/mol. The van der Waals surface area contributed by atoms with Crippen molar-refractivity contribution in [1.29, 1.82) is 0 Å². The average Bonchev–Trinajstić information content (AvgIpc) is 2.96. The minimum atomic E-state index is -3.10. The first-order valence-electron chi connectivity index (χ1n) is 6.98. The number of carbonyl (C=O) groups excluding carboxylic acids is 2. The maximum atomic E-state index is 12.6. The van der Waals surface area contributed by atoms with Crippen LogP contribution in [0.2, 0.25) is 0 Å². The van der Waals surface area contributed by atoms with Crippen LogP contribution in [0.25, 0.3) is 0 Å². The lowest BCUT2D eigenvalue weighted by atomic mass is 10.1. The predicted molar refractivity (Wildman–Crippen MR) is 77.1 cm³/mol. The number of halogens is 2. The van der Waals surface area contributed by atoms with Crippen LogP contribution in [0.5, 0.6) is 5.75 Å². The lowest BCUT2D eigenvalue weighted by Gasteiger charge is -2.24. The standard InChI is InChI=1S/C15H18F2N2O3/c1-9-5-6-12(22-2)10(8-9)18-14(20)11-4-3-7-19(11)15(21)13(16)17/h5-6,8,11,13H,3-4,7H2,1-2H3,(H,18,20). The number of benzene rings is 1. The highest BCUT2D eigenvalue weighted by atomic mass is 19.3. The van der Waals surface area contributed by atoms with Crippen molar-refractivity contribution in [1.82, 2.24) is 4.90 Å². The molecule has 2 rings (SSSR count). The van der Waals surface area contributed by atoms with Gasteiger partial charge in [-0.25, -0.2) is 0 Å². The predicted octanol–water partition coefficient (Wildman–Crippen LogP) is 2.20. The summed E-state index contributed by atoms with van der Waals surface area (Å²) in [4.78, 5) is 24.7. The Labute approximate surface area is 127 Å². The number of hydrogen-bond acceptors (Lipinski definition) is 3. The number of anilines is 1. The topological polar surface area (TPSA) is 58.6 Å². The van der Waals surface area contributed by atoms with E-state index in [0.717, 1.165) is 10.5 Å². The van der Waals surface area contributed by atoms with Crippen molar-refractivity contribution in [3.8, 4) is 5.75 Å². The molecule has 1 aromatic rings. The highest BCUT2D eigenvalue weighted by Gasteiger charge is 2.37. The van der Waals surface area contributed by atoms with Gasteiger partial charge in [-0.1, -0.05) is 6.07 Å². The van der Waals surface area contributed by atoms with Crippen LogP contribution in [0.1, 0.15) is 18.4 Å². The maximum absolute atomic E-state index is 12.6. The Morgan fingerprint density at radius 1 is 1.41 bits per heavy atom. The molecule has 1 aliphatic rings. The number of carbonyl (C=O) groups is 2. The summed E-state index contributed by atoms with van der Waals surface area (Å²) in [6, 6.07) is 4.40. The molecule has 1 saturated heterocycles. The van der Waals surface area contributed by atoms with Gasteiger partial charge in [0.05, 0.1) is 12.8 Å². The molecule has 1 atom stereocenters. The first-order valence-corrected chi connectivity index (χ1v) is 6.98. The molecule has 0 bridgehead atoms. The highest BCUT2D eigenvalue weighted by molar-refractivity contribution is 5.98. The Kier molecular flexibility index (Phi) is 4.95. The molecule has 5 nitrogen and oxygen atoms in total. The molecule has 1 fully saturated rings. The van der Waals surface area contributed by atoms with Crippen LogP contribution in [-0.4, -0.2) is 42.8 Å². The Morgan fingerprint density at radius 3 is 2.77 bits per heavy atom. The van der Waals surface area contributed by atoms with Crippen LogP contribution in [0.4, 0.5) is 14.5 Å². The van der Waals surface area contributed by atoms with Crippen LogP contribution < -0.4 is 10.1 Å². The van der Waals surface area contributed by atoms with Gasteiger partial charge in [0.15, 0.2) is 0 Å². The minimum absolute atomic E-state index is 0.173. The molecule has 0 aromatic heterocycles. The van der Waals surface area contributed by atoms with E-state index in [1.807, 2.05) is 13.0 Å². The van der Waals surface area contributed by atoms with Crippen molar-refractivity contribution in [2.45, 2.75) is 32.2 Å². The van der Waals surface area contributed by atoms with Gasteiger partial charge >= 0.3 is 6.43 Å². The van der Waals surface area contributed by atoms with Crippen molar-refractivity contribution in [2.75, 3.05) is 19.0 Å². The number of alkyl halides is 2. The van der Waals surface area contributed by atoms with Crippen LogP contribution >= 0.6 is 0 Å². The number of likely N-dealkylation sites (tertiary alicyclic amines) is 1. The van der Waals surface area contributed by atoms with Gasteiger partial charge in [-0.2, -0.15) is 8.78 Å². The third kappa shape index (κ3) is 3.35. The van der Waals surface area contributed by atoms with Crippen LogP contribution in [0.3, 0.4) is 0 Å². The molecule has 22 heavy (non-hydrogen) atoms. The summed E-state index contributed by atoms with van der Waals surface area (Å²) >= 11 is 0. The molecule has 120 valence electrons. The molecule has 0 spiro atoms. The molecule has 1 aromatic carbocycles. The second-order valence-corrected chi connectivity index (χ2v) is 5.18. The van der Waals surface area contributed by atoms with Gasteiger partial charge in [-0.15, -0.1) is 0 Å². The third-order valence-electron chi connectivity index (χ3n) is 3.64. The molecule has 1 N–H and O–H groups in total. The number of ether oxygens (including phenoxy) is 1. The number of methoxy groups -OCH3 is 1. The van der Waals surface area contributed by atoms with Gasteiger partial charge in [0.2, 0.25) is 5.91 Å². The van der Waals surface area contributed by atoms with Crippen molar-refractivity contribution < 1.29 is 23.1 Å². The molecule has 0 radical (unpaired) electrons. The average molecular weight is 312 g/mol. The van der Waals surface area contributed by atoms with Crippen molar-refractivity contribution in [2.24, 2.45) is 0 Å². The number of nitrogens with one attached hydrogen (secondary N) is 1. The van der Waals surface area contributed by atoms with Gasteiger partial charge in [0.1, 0.15) is 11.8 Å². The molecule has 0 aliphatic carbocycles. The molecule has 2 amide bonds. The lowest BCUT2D eigenvalue weighted by molar-refractivity contribution is -0.146. The first-order chi connectivity index (χ1) is 10.4. The number of amides is 2. The second kappa shape index (κ2) is 6.72. The zero-order valence-corrected chi connectivity index (χ0v) is 12.4. The Balaban J connectivity index is 2.15. The fourth-order valence-corrected chi connectivity index (χ4v) is 2.56.